The lowest BCUT2D eigenvalue weighted by atomic mass is 9.65. The van der Waals surface area contributed by atoms with Gasteiger partial charge < -0.3 is 19.1 Å². The molecule has 38 heavy (non-hydrogen) atoms. The molecule has 2 unspecified atom stereocenters. The first-order valence-electron chi connectivity index (χ1n) is 14.7. The van der Waals surface area contributed by atoms with Crippen LogP contribution in [0.3, 0.4) is 0 Å². The lowest BCUT2D eigenvalue weighted by Crippen LogP contribution is -2.29. The second-order valence-corrected chi connectivity index (χ2v) is 12.6. The van der Waals surface area contributed by atoms with E-state index in [2.05, 4.69) is 80.3 Å². The first-order chi connectivity index (χ1) is 18.3. The molecule has 0 amide bonds. The topological polar surface area (TPSA) is 30.9 Å². The Morgan fingerprint density at radius 2 is 1.74 bits per heavy atom. The van der Waals surface area contributed by atoms with Gasteiger partial charge in [-0.3, -0.25) is 0 Å². The number of methoxy groups -OCH3 is 2. The number of ether oxygens (including phenoxy) is 3. The first kappa shape index (κ1) is 27.3. The molecule has 2 aromatic rings. The maximum Gasteiger partial charge on any atom is 0.157 e. The first-order valence-corrected chi connectivity index (χ1v) is 14.7. The smallest absolute Gasteiger partial charge is 0.157 e. The van der Waals surface area contributed by atoms with Gasteiger partial charge in [-0.25, -0.2) is 0 Å². The number of allylic oxidation sites excluding steroid dienone is 2. The Morgan fingerprint density at radius 3 is 2.42 bits per heavy atom. The molecule has 0 radical (unpaired) electrons. The third-order valence-corrected chi connectivity index (χ3v) is 8.92. The SMILES string of the molecule is COC(CC1CCN(c2ccc([C@@H]3c4ccc(OC(C)(C)C)cc4CC[C@@H]3C3CC=CCC3)cc2)C1)OC. The summed E-state index contributed by atoms with van der Waals surface area (Å²) >= 11 is 0. The van der Waals surface area contributed by atoms with Crippen LogP contribution >= 0.6 is 0 Å². The molecular weight excluding hydrogens is 470 g/mol. The minimum atomic E-state index is -0.183. The Labute approximate surface area is 230 Å². The molecule has 3 aliphatic rings. The van der Waals surface area contributed by atoms with Gasteiger partial charge in [-0.15, -0.1) is 0 Å². The molecule has 206 valence electrons. The van der Waals surface area contributed by atoms with Crippen LogP contribution in [0, 0.1) is 17.8 Å². The van der Waals surface area contributed by atoms with Crippen molar-refractivity contribution in [2.24, 2.45) is 17.8 Å². The van der Waals surface area contributed by atoms with Gasteiger partial charge in [0, 0.05) is 45.3 Å². The third kappa shape index (κ3) is 6.29. The molecule has 1 saturated heterocycles. The molecule has 0 spiro atoms. The Balaban J connectivity index is 1.38. The molecule has 2 aromatic carbocycles. The normalized spacial score (nSPS) is 25.6. The van der Waals surface area contributed by atoms with Crippen molar-refractivity contribution in [3.8, 4) is 5.75 Å². The number of anilines is 1. The molecule has 0 saturated carbocycles. The van der Waals surface area contributed by atoms with E-state index in [9.17, 15) is 0 Å². The van der Waals surface area contributed by atoms with E-state index in [1.165, 1.54) is 54.5 Å². The molecule has 2 aliphatic carbocycles. The molecular formula is C34H47NO3. The highest BCUT2D eigenvalue weighted by atomic mass is 16.7. The zero-order chi connectivity index (χ0) is 26.7. The van der Waals surface area contributed by atoms with Crippen molar-refractivity contribution in [1.82, 2.24) is 0 Å². The largest absolute Gasteiger partial charge is 0.488 e. The van der Waals surface area contributed by atoms with Gasteiger partial charge in [-0.05, 0) is 118 Å². The maximum atomic E-state index is 6.24. The van der Waals surface area contributed by atoms with Crippen LogP contribution < -0.4 is 9.64 Å². The van der Waals surface area contributed by atoms with Crippen LogP contribution in [0.1, 0.15) is 81.9 Å². The van der Waals surface area contributed by atoms with Gasteiger partial charge in [-0.2, -0.15) is 0 Å². The maximum absolute atomic E-state index is 6.24. The van der Waals surface area contributed by atoms with Crippen LogP contribution in [-0.4, -0.2) is 39.2 Å². The van der Waals surface area contributed by atoms with Crippen molar-refractivity contribution in [3.63, 3.8) is 0 Å². The predicted molar refractivity (Wildman–Crippen MR) is 156 cm³/mol. The summed E-state index contributed by atoms with van der Waals surface area (Å²) in [5, 5.41) is 0. The molecule has 1 fully saturated rings. The fourth-order valence-corrected chi connectivity index (χ4v) is 7.09. The van der Waals surface area contributed by atoms with E-state index >= 15 is 0 Å². The number of nitrogens with zero attached hydrogens (tertiary/aromatic N) is 1. The molecule has 4 heteroatoms. The zero-order valence-corrected chi connectivity index (χ0v) is 24.1. The average molecular weight is 518 g/mol. The van der Waals surface area contributed by atoms with Gasteiger partial charge >= 0.3 is 0 Å². The molecule has 1 heterocycles. The second kappa shape index (κ2) is 11.8. The summed E-state index contributed by atoms with van der Waals surface area (Å²) in [6, 6.07) is 16.5. The number of rotatable bonds is 8. The number of hydrogen-bond donors (Lipinski definition) is 0. The Bertz CT molecular complexity index is 1080. The van der Waals surface area contributed by atoms with Gasteiger partial charge in [0.15, 0.2) is 6.29 Å². The average Bonchev–Trinajstić information content (AvgIpc) is 3.39. The summed E-state index contributed by atoms with van der Waals surface area (Å²) in [7, 11) is 3.47. The predicted octanol–water partition coefficient (Wildman–Crippen LogP) is 7.75. The summed E-state index contributed by atoms with van der Waals surface area (Å²) in [4.78, 5) is 2.53. The number of benzene rings is 2. The van der Waals surface area contributed by atoms with E-state index in [-0.39, 0.29) is 11.9 Å². The Kier molecular flexibility index (Phi) is 8.50. The molecule has 1 aliphatic heterocycles. The number of fused-ring (bicyclic) bond motifs is 1. The quantitative estimate of drug-likeness (QED) is 0.265. The Morgan fingerprint density at radius 1 is 0.947 bits per heavy atom. The van der Waals surface area contributed by atoms with Crippen molar-refractivity contribution >= 4 is 5.69 Å². The number of aryl methyl sites for hydroxylation is 1. The van der Waals surface area contributed by atoms with Crippen LogP contribution in [0.4, 0.5) is 5.69 Å². The monoisotopic (exact) mass is 517 g/mol. The number of hydrogen-bond acceptors (Lipinski definition) is 4. The van der Waals surface area contributed by atoms with Gasteiger partial charge in [0.2, 0.25) is 0 Å². The summed E-state index contributed by atoms with van der Waals surface area (Å²) in [5.74, 6) is 3.50. The van der Waals surface area contributed by atoms with E-state index in [1.807, 2.05) is 0 Å². The third-order valence-electron chi connectivity index (χ3n) is 8.92. The highest BCUT2D eigenvalue weighted by Gasteiger charge is 2.36. The van der Waals surface area contributed by atoms with Crippen molar-refractivity contribution < 1.29 is 14.2 Å². The molecule has 0 bridgehead atoms. The van der Waals surface area contributed by atoms with Gasteiger partial charge in [0.25, 0.3) is 0 Å². The van der Waals surface area contributed by atoms with Crippen molar-refractivity contribution in [2.75, 3.05) is 32.2 Å². The minimum absolute atomic E-state index is 0.102. The van der Waals surface area contributed by atoms with Crippen LogP contribution in [0.25, 0.3) is 0 Å². The van der Waals surface area contributed by atoms with Crippen LogP contribution in [-0.2, 0) is 15.9 Å². The summed E-state index contributed by atoms with van der Waals surface area (Å²) in [5.41, 5.74) is 5.60. The standard InChI is InChI=1S/C34H47NO3/c1-34(2,3)38-29-16-18-31-27(22-29)13-17-30(25-9-7-6-8-10-25)33(31)26-11-14-28(15-12-26)35-20-19-24(23-35)21-32(36-4)37-5/h6-7,11-12,14-16,18,22,24-25,30,32-33H,8-10,13,17,19-21,23H2,1-5H3/t24?,25?,30-,33+/m1/s1. The molecule has 4 nitrogen and oxygen atoms in total. The van der Waals surface area contributed by atoms with E-state index in [0.29, 0.717) is 17.8 Å². The molecule has 5 rings (SSSR count). The molecule has 0 aromatic heterocycles. The van der Waals surface area contributed by atoms with Gasteiger partial charge in [0.05, 0.1) is 0 Å². The highest BCUT2D eigenvalue weighted by molar-refractivity contribution is 5.52. The lowest BCUT2D eigenvalue weighted by Gasteiger charge is -2.40. The lowest BCUT2D eigenvalue weighted by molar-refractivity contribution is -0.112. The zero-order valence-electron chi connectivity index (χ0n) is 24.1. The van der Waals surface area contributed by atoms with Crippen LogP contribution in [0.5, 0.6) is 5.75 Å². The fraction of sp³-hybridized carbons (Fsp3) is 0.588. The summed E-state index contributed by atoms with van der Waals surface area (Å²) < 4.78 is 17.1. The van der Waals surface area contributed by atoms with E-state index < -0.39 is 0 Å². The highest BCUT2D eigenvalue weighted by Crippen LogP contribution is 2.48. The van der Waals surface area contributed by atoms with Gasteiger partial charge in [-0.1, -0.05) is 30.4 Å². The van der Waals surface area contributed by atoms with Crippen molar-refractivity contribution in [2.45, 2.75) is 83.5 Å². The van der Waals surface area contributed by atoms with Crippen LogP contribution in [0.2, 0.25) is 0 Å². The molecule has 4 atom stereocenters. The van der Waals surface area contributed by atoms with E-state index in [0.717, 1.165) is 37.6 Å². The second-order valence-electron chi connectivity index (χ2n) is 12.6. The van der Waals surface area contributed by atoms with Crippen molar-refractivity contribution in [1.29, 1.82) is 0 Å². The molecule has 0 N–H and O–H groups in total. The summed E-state index contributed by atoms with van der Waals surface area (Å²) in [6.45, 7) is 8.55. The minimum Gasteiger partial charge on any atom is -0.488 e. The van der Waals surface area contributed by atoms with Crippen molar-refractivity contribution in [3.05, 3.63) is 71.3 Å². The van der Waals surface area contributed by atoms with E-state index in [1.54, 1.807) is 14.2 Å². The van der Waals surface area contributed by atoms with Crippen LogP contribution in [0.15, 0.2) is 54.6 Å². The fourth-order valence-electron chi connectivity index (χ4n) is 7.09. The van der Waals surface area contributed by atoms with Gasteiger partial charge in [0.1, 0.15) is 11.4 Å². The Hall–Kier alpha value is -2.30. The summed E-state index contributed by atoms with van der Waals surface area (Å²) in [6.07, 6.45) is 13.0. The van der Waals surface area contributed by atoms with E-state index in [4.69, 9.17) is 14.2 Å².